The van der Waals surface area contributed by atoms with Crippen molar-refractivity contribution in [2.24, 2.45) is 23.7 Å². The van der Waals surface area contributed by atoms with Gasteiger partial charge in [0, 0.05) is 5.56 Å². The monoisotopic (exact) mass is 478 g/mol. The normalized spacial score (nSPS) is 24.9. The summed E-state index contributed by atoms with van der Waals surface area (Å²) in [7, 11) is 0. The summed E-state index contributed by atoms with van der Waals surface area (Å²) in [6.45, 7) is 6.10. The van der Waals surface area contributed by atoms with E-state index in [1.54, 1.807) is 12.1 Å². The Morgan fingerprint density at radius 3 is 2.06 bits per heavy atom. The van der Waals surface area contributed by atoms with Crippen LogP contribution in [-0.4, -0.2) is 0 Å². The quantitative estimate of drug-likeness (QED) is 0.235. The van der Waals surface area contributed by atoms with E-state index in [0.717, 1.165) is 54.9 Å². The summed E-state index contributed by atoms with van der Waals surface area (Å²) in [5, 5.41) is 0. The van der Waals surface area contributed by atoms with Gasteiger partial charge in [-0.2, -0.15) is 0 Å². The van der Waals surface area contributed by atoms with E-state index in [1.807, 2.05) is 12.1 Å². The maximum atomic E-state index is 14.8. The molecule has 0 aliphatic heterocycles. The lowest BCUT2D eigenvalue weighted by Crippen LogP contribution is -2.25. The Morgan fingerprint density at radius 1 is 0.771 bits per heavy atom. The van der Waals surface area contributed by atoms with Crippen LogP contribution < -0.4 is 0 Å². The number of rotatable bonds is 10. The van der Waals surface area contributed by atoms with Crippen molar-refractivity contribution in [3.63, 3.8) is 0 Å². The minimum atomic E-state index is -0.707. The van der Waals surface area contributed by atoms with Crippen LogP contribution in [-0.2, 0) is 12.8 Å². The second-order valence-electron chi connectivity index (χ2n) is 11.3. The van der Waals surface area contributed by atoms with Crippen LogP contribution in [0.25, 0.3) is 11.1 Å². The molecule has 0 amide bonds. The van der Waals surface area contributed by atoms with Crippen molar-refractivity contribution in [3.8, 4) is 11.1 Å². The van der Waals surface area contributed by atoms with Crippen molar-refractivity contribution >= 4 is 0 Å². The van der Waals surface area contributed by atoms with Gasteiger partial charge in [-0.3, -0.25) is 0 Å². The van der Waals surface area contributed by atoms with E-state index in [-0.39, 0.29) is 0 Å². The first-order valence-corrected chi connectivity index (χ1v) is 14.3. The number of aryl methyl sites for hydroxylation is 2. The zero-order valence-corrected chi connectivity index (χ0v) is 21.7. The molecule has 2 heteroatoms. The molecule has 0 aromatic heterocycles. The van der Waals surface area contributed by atoms with Crippen molar-refractivity contribution in [3.05, 3.63) is 71.8 Å². The maximum absolute atomic E-state index is 14.8. The van der Waals surface area contributed by atoms with E-state index >= 15 is 0 Å². The van der Waals surface area contributed by atoms with Crippen molar-refractivity contribution < 1.29 is 8.78 Å². The number of hydrogen-bond donors (Lipinski definition) is 0. The number of allylic oxidation sites excluding steroid dienone is 1. The van der Waals surface area contributed by atoms with Crippen LogP contribution in [0.1, 0.15) is 95.1 Å². The lowest BCUT2D eigenvalue weighted by atomic mass is 9.68. The van der Waals surface area contributed by atoms with Crippen LogP contribution in [0.15, 0.2) is 49.1 Å². The standard InChI is InChI=1S/C33H44F2/c1-3-5-6-7-30-22-23-31(33(35)32(30)34)29-20-14-26(15-21-29)9-8-25-12-18-28(19-13-25)27-16-10-24(4-2)11-17-27/h4,14-15,20-25,27-28H,2-3,5-13,16-19H2,1H3. The summed E-state index contributed by atoms with van der Waals surface area (Å²) >= 11 is 0. The van der Waals surface area contributed by atoms with Gasteiger partial charge in [0.05, 0.1) is 0 Å². The summed E-state index contributed by atoms with van der Waals surface area (Å²) < 4.78 is 29.4. The van der Waals surface area contributed by atoms with Crippen LogP contribution >= 0.6 is 0 Å². The molecular weight excluding hydrogens is 434 g/mol. The third-order valence-corrected chi connectivity index (χ3v) is 9.03. The van der Waals surface area contributed by atoms with Crippen LogP contribution in [0.2, 0.25) is 0 Å². The van der Waals surface area contributed by atoms with Gasteiger partial charge in [0.25, 0.3) is 0 Å². The predicted molar refractivity (Wildman–Crippen MR) is 144 cm³/mol. The Hall–Kier alpha value is -1.96. The fourth-order valence-corrected chi connectivity index (χ4v) is 6.59. The number of unbranched alkanes of at least 4 members (excludes halogenated alkanes) is 2. The molecule has 2 aromatic carbocycles. The molecule has 2 aliphatic rings. The van der Waals surface area contributed by atoms with Gasteiger partial charge >= 0.3 is 0 Å². The summed E-state index contributed by atoms with van der Waals surface area (Å²) in [5.41, 5.74) is 2.93. The van der Waals surface area contributed by atoms with Crippen LogP contribution in [0, 0.1) is 35.3 Å². The Labute approximate surface area is 212 Å². The van der Waals surface area contributed by atoms with Crippen LogP contribution in [0.4, 0.5) is 8.78 Å². The van der Waals surface area contributed by atoms with Crippen LogP contribution in [0.5, 0.6) is 0 Å². The molecule has 2 fully saturated rings. The molecule has 0 bridgehead atoms. The molecule has 0 spiro atoms. The average molecular weight is 479 g/mol. The SMILES string of the molecule is C=CC1CCC(C2CCC(CCc3ccc(-c4ccc(CCCCC)c(F)c4F)cc3)CC2)CC1. The fourth-order valence-electron chi connectivity index (χ4n) is 6.59. The van der Waals surface area contributed by atoms with Gasteiger partial charge in [0.1, 0.15) is 0 Å². The Balaban J connectivity index is 1.25. The van der Waals surface area contributed by atoms with Gasteiger partial charge in [0.2, 0.25) is 0 Å². The van der Waals surface area contributed by atoms with E-state index in [9.17, 15) is 8.78 Å². The van der Waals surface area contributed by atoms with E-state index in [4.69, 9.17) is 0 Å². The van der Waals surface area contributed by atoms with Crippen LogP contribution in [0.3, 0.4) is 0 Å². The molecule has 0 saturated heterocycles. The second-order valence-corrected chi connectivity index (χ2v) is 11.3. The number of halogens is 2. The molecule has 4 rings (SSSR count). The van der Waals surface area contributed by atoms with Gasteiger partial charge in [-0.1, -0.05) is 75.1 Å². The molecular formula is C33H44F2. The highest BCUT2D eigenvalue weighted by molar-refractivity contribution is 5.65. The molecule has 0 N–H and O–H groups in total. The molecule has 0 heterocycles. The third-order valence-electron chi connectivity index (χ3n) is 9.03. The van der Waals surface area contributed by atoms with E-state index < -0.39 is 11.6 Å². The largest absolute Gasteiger partial charge is 0.203 e. The smallest absolute Gasteiger partial charge is 0.166 e. The topological polar surface area (TPSA) is 0 Å². The van der Waals surface area contributed by atoms with Crippen molar-refractivity contribution in [2.75, 3.05) is 0 Å². The molecule has 0 radical (unpaired) electrons. The van der Waals surface area contributed by atoms with Gasteiger partial charge in [0.15, 0.2) is 11.6 Å². The highest BCUT2D eigenvalue weighted by Crippen LogP contribution is 2.42. The van der Waals surface area contributed by atoms with E-state index in [0.29, 0.717) is 17.5 Å². The molecule has 190 valence electrons. The van der Waals surface area contributed by atoms with E-state index in [1.165, 1.54) is 63.4 Å². The number of benzene rings is 2. The molecule has 0 unspecified atom stereocenters. The number of hydrogen-bond acceptors (Lipinski definition) is 0. The summed E-state index contributed by atoms with van der Waals surface area (Å²) in [6.07, 6.45) is 19.2. The highest BCUT2D eigenvalue weighted by Gasteiger charge is 2.30. The first-order valence-electron chi connectivity index (χ1n) is 14.3. The minimum Gasteiger partial charge on any atom is -0.203 e. The molecule has 2 aliphatic carbocycles. The Bertz CT molecular complexity index is 928. The fraction of sp³-hybridized carbons (Fsp3) is 0.576. The maximum Gasteiger partial charge on any atom is 0.166 e. The first kappa shape index (κ1) is 26.1. The summed E-state index contributed by atoms with van der Waals surface area (Å²) in [6, 6.07) is 11.6. The van der Waals surface area contributed by atoms with E-state index in [2.05, 4.69) is 31.7 Å². The lowest BCUT2D eigenvalue weighted by Gasteiger charge is -2.37. The predicted octanol–water partition coefficient (Wildman–Crippen LogP) is 10.1. The van der Waals surface area contributed by atoms with Gasteiger partial charge in [-0.05, 0) is 105 Å². The van der Waals surface area contributed by atoms with Crippen molar-refractivity contribution in [1.82, 2.24) is 0 Å². The van der Waals surface area contributed by atoms with Gasteiger partial charge in [-0.15, -0.1) is 6.58 Å². The summed E-state index contributed by atoms with van der Waals surface area (Å²) in [5.74, 6) is 2.12. The van der Waals surface area contributed by atoms with Gasteiger partial charge < -0.3 is 0 Å². The molecule has 0 nitrogen and oxygen atoms in total. The van der Waals surface area contributed by atoms with Gasteiger partial charge in [-0.25, -0.2) is 8.78 Å². The molecule has 0 atom stereocenters. The molecule has 2 saturated carbocycles. The van der Waals surface area contributed by atoms with Crippen molar-refractivity contribution in [1.29, 1.82) is 0 Å². The summed E-state index contributed by atoms with van der Waals surface area (Å²) in [4.78, 5) is 0. The lowest BCUT2D eigenvalue weighted by molar-refractivity contribution is 0.153. The Kier molecular flexibility index (Phi) is 9.58. The third kappa shape index (κ3) is 6.83. The zero-order valence-electron chi connectivity index (χ0n) is 21.7. The second kappa shape index (κ2) is 12.8. The zero-order chi connectivity index (χ0) is 24.6. The minimum absolute atomic E-state index is 0.369. The molecule has 2 aromatic rings. The first-order chi connectivity index (χ1) is 17.1. The van der Waals surface area contributed by atoms with Crippen molar-refractivity contribution in [2.45, 2.75) is 96.8 Å². The molecule has 35 heavy (non-hydrogen) atoms. The Morgan fingerprint density at radius 2 is 1.43 bits per heavy atom. The average Bonchev–Trinajstić information content (AvgIpc) is 2.91. The highest BCUT2D eigenvalue weighted by atomic mass is 19.2.